The summed E-state index contributed by atoms with van der Waals surface area (Å²) in [5.74, 6) is 0. The summed E-state index contributed by atoms with van der Waals surface area (Å²) < 4.78 is 0. The van der Waals surface area contributed by atoms with Gasteiger partial charge in [0, 0.05) is 24.8 Å². The standard InChI is InChI=1S/C14H24N2O/c1-12-6-4-7-13(10-12)16(3)9-5-8-14(2,15)11-17/h4,6-7,10,17H,5,8-9,11,15H2,1-3H3. The van der Waals surface area contributed by atoms with Gasteiger partial charge in [-0.2, -0.15) is 0 Å². The van der Waals surface area contributed by atoms with E-state index in [2.05, 4.69) is 43.1 Å². The van der Waals surface area contributed by atoms with E-state index in [1.165, 1.54) is 11.3 Å². The Bertz CT molecular complexity index is 350. The maximum Gasteiger partial charge on any atom is 0.0608 e. The van der Waals surface area contributed by atoms with Crippen molar-refractivity contribution < 1.29 is 5.11 Å². The Morgan fingerprint density at radius 2 is 2.12 bits per heavy atom. The molecule has 0 radical (unpaired) electrons. The molecule has 0 aliphatic carbocycles. The molecule has 0 aliphatic heterocycles. The molecule has 0 saturated carbocycles. The first-order valence-electron chi connectivity index (χ1n) is 6.12. The number of aryl methyl sites for hydroxylation is 1. The number of benzene rings is 1. The molecule has 1 rings (SSSR count). The quantitative estimate of drug-likeness (QED) is 0.793. The summed E-state index contributed by atoms with van der Waals surface area (Å²) in [5.41, 5.74) is 7.95. The summed E-state index contributed by atoms with van der Waals surface area (Å²) in [7, 11) is 2.08. The number of nitrogens with zero attached hydrogens (tertiary/aromatic N) is 1. The lowest BCUT2D eigenvalue weighted by molar-refractivity contribution is 0.199. The van der Waals surface area contributed by atoms with Crippen LogP contribution in [0.1, 0.15) is 25.3 Å². The summed E-state index contributed by atoms with van der Waals surface area (Å²) in [6.07, 6.45) is 1.82. The summed E-state index contributed by atoms with van der Waals surface area (Å²) in [4.78, 5) is 2.22. The van der Waals surface area contributed by atoms with Crippen LogP contribution >= 0.6 is 0 Å². The molecule has 3 heteroatoms. The third-order valence-electron chi connectivity index (χ3n) is 3.05. The zero-order valence-electron chi connectivity index (χ0n) is 11.1. The Hall–Kier alpha value is -1.06. The van der Waals surface area contributed by atoms with Gasteiger partial charge >= 0.3 is 0 Å². The van der Waals surface area contributed by atoms with Crippen LogP contribution in [0.25, 0.3) is 0 Å². The van der Waals surface area contributed by atoms with Crippen LogP contribution in [0.4, 0.5) is 5.69 Å². The van der Waals surface area contributed by atoms with E-state index in [4.69, 9.17) is 10.8 Å². The topological polar surface area (TPSA) is 49.5 Å². The summed E-state index contributed by atoms with van der Waals surface area (Å²) in [5, 5.41) is 9.07. The fraction of sp³-hybridized carbons (Fsp3) is 0.571. The van der Waals surface area contributed by atoms with E-state index in [9.17, 15) is 0 Å². The minimum absolute atomic E-state index is 0.0428. The van der Waals surface area contributed by atoms with E-state index >= 15 is 0 Å². The van der Waals surface area contributed by atoms with Crippen LogP contribution in [0.15, 0.2) is 24.3 Å². The average Bonchev–Trinajstić information content (AvgIpc) is 2.28. The molecule has 1 aromatic carbocycles. The van der Waals surface area contributed by atoms with Gasteiger partial charge in [0.15, 0.2) is 0 Å². The van der Waals surface area contributed by atoms with Crippen molar-refractivity contribution in [2.45, 2.75) is 32.2 Å². The summed E-state index contributed by atoms with van der Waals surface area (Å²) in [6.45, 7) is 4.98. The van der Waals surface area contributed by atoms with Crippen LogP contribution in [0.5, 0.6) is 0 Å². The number of nitrogens with two attached hydrogens (primary N) is 1. The molecular formula is C14H24N2O. The van der Waals surface area contributed by atoms with Gasteiger partial charge in [-0.05, 0) is 44.4 Å². The molecule has 96 valence electrons. The molecule has 0 heterocycles. The first-order valence-corrected chi connectivity index (χ1v) is 6.12. The highest BCUT2D eigenvalue weighted by Gasteiger charge is 2.16. The zero-order valence-corrected chi connectivity index (χ0v) is 11.1. The third kappa shape index (κ3) is 4.75. The number of rotatable bonds is 6. The Morgan fingerprint density at radius 3 is 2.71 bits per heavy atom. The highest BCUT2D eigenvalue weighted by molar-refractivity contribution is 5.47. The molecule has 0 amide bonds. The SMILES string of the molecule is Cc1cccc(N(C)CCCC(C)(N)CO)c1. The van der Waals surface area contributed by atoms with Gasteiger partial charge in [-0.15, -0.1) is 0 Å². The fourth-order valence-electron chi connectivity index (χ4n) is 1.79. The smallest absolute Gasteiger partial charge is 0.0608 e. The van der Waals surface area contributed by atoms with Gasteiger partial charge in [0.1, 0.15) is 0 Å². The molecule has 0 saturated heterocycles. The molecule has 0 aromatic heterocycles. The largest absolute Gasteiger partial charge is 0.394 e. The van der Waals surface area contributed by atoms with Gasteiger partial charge in [0.2, 0.25) is 0 Å². The van der Waals surface area contributed by atoms with E-state index in [-0.39, 0.29) is 6.61 Å². The van der Waals surface area contributed by atoms with Crippen LogP contribution < -0.4 is 10.6 Å². The average molecular weight is 236 g/mol. The zero-order chi connectivity index (χ0) is 12.9. The molecule has 1 unspecified atom stereocenters. The fourth-order valence-corrected chi connectivity index (χ4v) is 1.79. The maximum absolute atomic E-state index is 9.07. The molecule has 0 fully saturated rings. The van der Waals surface area contributed by atoms with E-state index < -0.39 is 5.54 Å². The van der Waals surface area contributed by atoms with Gasteiger partial charge in [-0.25, -0.2) is 0 Å². The van der Waals surface area contributed by atoms with Crippen molar-refractivity contribution in [1.82, 2.24) is 0 Å². The van der Waals surface area contributed by atoms with E-state index in [1.807, 2.05) is 6.92 Å². The second-order valence-corrected chi connectivity index (χ2v) is 5.18. The first-order chi connectivity index (χ1) is 7.94. The van der Waals surface area contributed by atoms with Crippen molar-refractivity contribution in [3.63, 3.8) is 0 Å². The predicted molar refractivity (Wildman–Crippen MR) is 73.4 cm³/mol. The normalized spacial score (nSPS) is 14.4. The number of hydrogen-bond acceptors (Lipinski definition) is 3. The molecule has 1 aromatic rings. The molecule has 0 bridgehead atoms. The van der Waals surface area contributed by atoms with Crippen LogP contribution in [-0.4, -0.2) is 30.8 Å². The molecule has 0 spiro atoms. The Morgan fingerprint density at radius 1 is 1.41 bits per heavy atom. The molecular weight excluding hydrogens is 212 g/mol. The van der Waals surface area contributed by atoms with Gasteiger partial charge in [0.25, 0.3) is 0 Å². The highest BCUT2D eigenvalue weighted by atomic mass is 16.3. The Kier molecular flexibility index (Phi) is 4.97. The highest BCUT2D eigenvalue weighted by Crippen LogP contribution is 2.16. The number of aliphatic hydroxyl groups excluding tert-OH is 1. The first kappa shape index (κ1) is 14.0. The second kappa shape index (κ2) is 6.03. The van der Waals surface area contributed by atoms with Crippen molar-refractivity contribution >= 4 is 5.69 Å². The summed E-state index contributed by atoms with van der Waals surface area (Å²) in [6, 6.07) is 8.45. The minimum atomic E-state index is -0.451. The lowest BCUT2D eigenvalue weighted by Crippen LogP contribution is -2.40. The third-order valence-corrected chi connectivity index (χ3v) is 3.05. The van der Waals surface area contributed by atoms with Crippen LogP contribution in [-0.2, 0) is 0 Å². The Balaban J connectivity index is 2.42. The lowest BCUT2D eigenvalue weighted by atomic mass is 9.98. The van der Waals surface area contributed by atoms with Crippen molar-refractivity contribution in [3.8, 4) is 0 Å². The molecule has 3 nitrogen and oxygen atoms in total. The lowest BCUT2D eigenvalue weighted by Gasteiger charge is -2.24. The van der Waals surface area contributed by atoms with Crippen molar-refractivity contribution in [3.05, 3.63) is 29.8 Å². The van der Waals surface area contributed by atoms with Crippen molar-refractivity contribution in [1.29, 1.82) is 0 Å². The monoisotopic (exact) mass is 236 g/mol. The van der Waals surface area contributed by atoms with E-state index in [1.54, 1.807) is 0 Å². The van der Waals surface area contributed by atoms with Gasteiger partial charge in [0.05, 0.1) is 6.61 Å². The molecule has 1 atom stereocenters. The molecule has 0 aliphatic rings. The van der Waals surface area contributed by atoms with E-state index in [0.29, 0.717) is 0 Å². The predicted octanol–water partition coefficient (Wildman–Crippen LogP) is 1.92. The number of anilines is 1. The Labute approximate surface area is 104 Å². The minimum Gasteiger partial charge on any atom is -0.394 e. The van der Waals surface area contributed by atoms with Crippen molar-refractivity contribution in [2.75, 3.05) is 25.1 Å². The summed E-state index contributed by atoms with van der Waals surface area (Å²) >= 11 is 0. The number of hydrogen-bond donors (Lipinski definition) is 2. The van der Waals surface area contributed by atoms with Gasteiger partial charge in [-0.1, -0.05) is 12.1 Å². The number of aliphatic hydroxyl groups is 1. The second-order valence-electron chi connectivity index (χ2n) is 5.18. The maximum atomic E-state index is 9.07. The van der Waals surface area contributed by atoms with Crippen LogP contribution in [0.2, 0.25) is 0 Å². The van der Waals surface area contributed by atoms with Crippen LogP contribution in [0.3, 0.4) is 0 Å². The van der Waals surface area contributed by atoms with Crippen molar-refractivity contribution in [2.24, 2.45) is 5.73 Å². The molecule has 17 heavy (non-hydrogen) atoms. The van der Waals surface area contributed by atoms with Crippen LogP contribution in [0, 0.1) is 6.92 Å². The van der Waals surface area contributed by atoms with E-state index in [0.717, 1.165) is 19.4 Å². The van der Waals surface area contributed by atoms with Gasteiger partial charge in [-0.3, -0.25) is 0 Å². The molecule has 3 N–H and O–H groups in total. The van der Waals surface area contributed by atoms with Gasteiger partial charge < -0.3 is 15.7 Å².